The predicted octanol–water partition coefficient (Wildman–Crippen LogP) is 3.25. The largest absolute Gasteiger partial charge is 0.338 e. The fraction of sp³-hybridized carbons (Fsp3) is 0.538. The number of aromatic nitrogens is 1. The molecule has 0 spiro atoms. The third-order valence-corrected chi connectivity index (χ3v) is 7.40. The highest BCUT2D eigenvalue weighted by Gasteiger charge is 2.36. The molecule has 5 heteroatoms. The zero-order chi connectivity index (χ0) is 21.0. The molecule has 2 aromatic rings. The molecule has 31 heavy (non-hydrogen) atoms. The molecule has 2 saturated heterocycles. The molecule has 4 heterocycles. The predicted molar refractivity (Wildman–Crippen MR) is 122 cm³/mol. The molecular formula is C26H34N4O. The van der Waals surface area contributed by atoms with Crippen LogP contribution in [0.25, 0.3) is 0 Å². The highest BCUT2D eigenvalue weighted by atomic mass is 16.2. The quantitative estimate of drug-likeness (QED) is 0.782. The average molecular weight is 419 g/mol. The lowest BCUT2D eigenvalue weighted by Gasteiger charge is -2.46. The lowest BCUT2D eigenvalue weighted by Crippen LogP contribution is -2.55. The molecule has 2 fully saturated rings. The van der Waals surface area contributed by atoms with Crippen LogP contribution >= 0.6 is 0 Å². The number of nitrogens with one attached hydrogen (secondary N) is 1. The minimum atomic E-state index is 0.324. The van der Waals surface area contributed by atoms with Gasteiger partial charge in [0.25, 0.3) is 0 Å². The zero-order valence-corrected chi connectivity index (χ0v) is 18.4. The molecule has 0 aliphatic carbocycles. The van der Waals surface area contributed by atoms with Crippen molar-refractivity contribution in [2.45, 2.75) is 51.2 Å². The summed E-state index contributed by atoms with van der Waals surface area (Å²) in [5, 5.41) is 3.81. The van der Waals surface area contributed by atoms with Gasteiger partial charge in [-0.05, 0) is 66.8 Å². The molecule has 3 aliphatic rings. The molecule has 1 aromatic heterocycles. The summed E-state index contributed by atoms with van der Waals surface area (Å²) in [5.41, 5.74) is 4.03. The number of nitrogens with zero attached hydrogens (tertiary/aromatic N) is 3. The van der Waals surface area contributed by atoms with Crippen molar-refractivity contribution in [3.8, 4) is 0 Å². The average Bonchev–Trinajstić information content (AvgIpc) is 2.81. The van der Waals surface area contributed by atoms with Gasteiger partial charge in [-0.1, -0.05) is 30.3 Å². The van der Waals surface area contributed by atoms with Gasteiger partial charge in [0.2, 0.25) is 5.91 Å². The molecule has 3 aliphatic heterocycles. The van der Waals surface area contributed by atoms with E-state index in [0.29, 0.717) is 24.3 Å². The summed E-state index contributed by atoms with van der Waals surface area (Å²) < 4.78 is 0. The summed E-state index contributed by atoms with van der Waals surface area (Å²) >= 11 is 0. The van der Waals surface area contributed by atoms with E-state index in [2.05, 4.69) is 50.4 Å². The monoisotopic (exact) mass is 418 g/mol. The summed E-state index contributed by atoms with van der Waals surface area (Å²) in [6.45, 7) is 6.10. The number of rotatable bonds is 6. The van der Waals surface area contributed by atoms with Crippen molar-refractivity contribution in [3.05, 3.63) is 65.5 Å². The topological polar surface area (TPSA) is 48.5 Å². The van der Waals surface area contributed by atoms with Crippen molar-refractivity contribution in [1.29, 1.82) is 0 Å². The fourth-order valence-electron chi connectivity index (χ4n) is 5.83. The molecule has 1 N–H and O–H groups in total. The molecule has 5 nitrogen and oxygen atoms in total. The smallest absolute Gasteiger partial charge is 0.222 e. The second-order valence-corrected chi connectivity index (χ2v) is 9.66. The Bertz CT molecular complexity index is 886. The van der Waals surface area contributed by atoms with E-state index in [-0.39, 0.29) is 0 Å². The Morgan fingerprint density at radius 1 is 1.13 bits per heavy atom. The lowest BCUT2D eigenvalue weighted by molar-refractivity contribution is -0.132. The molecule has 2 unspecified atom stereocenters. The van der Waals surface area contributed by atoms with Gasteiger partial charge in [0.1, 0.15) is 0 Å². The number of pyridine rings is 1. The summed E-state index contributed by atoms with van der Waals surface area (Å²) in [4.78, 5) is 21.8. The van der Waals surface area contributed by atoms with Gasteiger partial charge in [-0.15, -0.1) is 0 Å². The van der Waals surface area contributed by atoms with E-state index in [4.69, 9.17) is 0 Å². The molecular weight excluding hydrogens is 384 g/mol. The maximum Gasteiger partial charge on any atom is 0.222 e. The van der Waals surface area contributed by atoms with Gasteiger partial charge in [0.15, 0.2) is 0 Å². The third-order valence-electron chi connectivity index (χ3n) is 7.40. The van der Waals surface area contributed by atoms with Crippen LogP contribution in [0.5, 0.6) is 0 Å². The Labute approximate surface area is 185 Å². The van der Waals surface area contributed by atoms with Gasteiger partial charge >= 0.3 is 0 Å². The fourth-order valence-corrected chi connectivity index (χ4v) is 5.83. The number of hydrogen-bond donors (Lipinski definition) is 1. The van der Waals surface area contributed by atoms with Gasteiger partial charge in [-0.25, -0.2) is 0 Å². The van der Waals surface area contributed by atoms with E-state index < -0.39 is 0 Å². The minimum Gasteiger partial charge on any atom is -0.338 e. The summed E-state index contributed by atoms with van der Waals surface area (Å²) in [6.07, 6.45) is 8.92. The molecule has 0 saturated carbocycles. The Hall–Kier alpha value is -2.24. The van der Waals surface area contributed by atoms with Gasteiger partial charge in [-0.3, -0.25) is 14.7 Å². The van der Waals surface area contributed by atoms with E-state index >= 15 is 0 Å². The number of fused-ring (bicyclic) bond motifs is 3. The lowest BCUT2D eigenvalue weighted by atomic mass is 9.79. The van der Waals surface area contributed by atoms with Crippen LogP contribution in [-0.4, -0.2) is 52.9 Å². The zero-order valence-electron chi connectivity index (χ0n) is 18.4. The van der Waals surface area contributed by atoms with Crippen molar-refractivity contribution in [1.82, 2.24) is 20.1 Å². The van der Waals surface area contributed by atoms with Crippen molar-refractivity contribution in [2.75, 3.05) is 26.2 Å². The molecule has 1 amide bonds. The van der Waals surface area contributed by atoms with Crippen molar-refractivity contribution in [2.24, 2.45) is 11.8 Å². The molecule has 5 rings (SSSR count). The highest BCUT2D eigenvalue weighted by Crippen LogP contribution is 2.31. The number of benzene rings is 1. The first-order valence-electron chi connectivity index (χ1n) is 11.9. The number of likely N-dealkylation sites (tertiary alicyclic amines) is 1. The van der Waals surface area contributed by atoms with Gasteiger partial charge in [0, 0.05) is 57.6 Å². The Morgan fingerprint density at radius 2 is 2.03 bits per heavy atom. The van der Waals surface area contributed by atoms with Crippen molar-refractivity contribution >= 4 is 5.91 Å². The van der Waals surface area contributed by atoms with Crippen LogP contribution in [0.3, 0.4) is 0 Å². The first-order valence-corrected chi connectivity index (χ1v) is 11.9. The number of hydrogen-bond acceptors (Lipinski definition) is 4. The maximum absolute atomic E-state index is 12.8. The van der Waals surface area contributed by atoms with Gasteiger partial charge < -0.3 is 10.2 Å². The van der Waals surface area contributed by atoms with Crippen LogP contribution in [0.15, 0.2) is 48.8 Å². The molecule has 0 radical (unpaired) electrons. The molecule has 164 valence electrons. The first kappa shape index (κ1) is 20.7. The Kier molecular flexibility index (Phi) is 6.32. The molecule has 3 atom stereocenters. The summed E-state index contributed by atoms with van der Waals surface area (Å²) in [5.74, 6) is 1.77. The second kappa shape index (κ2) is 9.49. The summed E-state index contributed by atoms with van der Waals surface area (Å²) in [7, 11) is 0. The third kappa shape index (κ3) is 4.99. The summed E-state index contributed by atoms with van der Waals surface area (Å²) in [6, 6.07) is 13.3. The van der Waals surface area contributed by atoms with Crippen LogP contribution < -0.4 is 5.32 Å². The van der Waals surface area contributed by atoms with Crippen LogP contribution in [0.4, 0.5) is 0 Å². The maximum atomic E-state index is 12.8. The van der Waals surface area contributed by atoms with Gasteiger partial charge in [0.05, 0.1) is 0 Å². The van der Waals surface area contributed by atoms with E-state index in [9.17, 15) is 4.79 Å². The van der Waals surface area contributed by atoms with Crippen LogP contribution in [0.2, 0.25) is 0 Å². The van der Waals surface area contributed by atoms with E-state index in [1.165, 1.54) is 29.7 Å². The molecule has 2 bridgehead atoms. The van der Waals surface area contributed by atoms with Gasteiger partial charge in [-0.2, -0.15) is 0 Å². The second-order valence-electron chi connectivity index (χ2n) is 9.66. The minimum absolute atomic E-state index is 0.324. The van der Waals surface area contributed by atoms with E-state index in [1.807, 2.05) is 18.5 Å². The SMILES string of the molecule is O=C(CCC[C@H]1NCC2CC1CN(Cc1cccnc1)C2)N1CCc2ccccc2C1. The number of carbonyl (C=O) groups excluding carboxylic acids is 1. The van der Waals surface area contributed by atoms with E-state index in [0.717, 1.165) is 57.9 Å². The highest BCUT2D eigenvalue weighted by molar-refractivity contribution is 5.76. The van der Waals surface area contributed by atoms with Crippen LogP contribution in [-0.2, 0) is 24.3 Å². The normalized spacial score (nSPS) is 25.8. The van der Waals surface area contributed by atoms with Crippen molar-refractivity contribution in [3.63, 3.8) is 0 Å². The van der Waals surface area contributed by atoms with Crippen LogP contribution in [0.1, 0.15) is 42.4 Å². The first-order chi connectivity index (χ1) is 15.2. The number of amides is 1. The Morgan fingerprint density at radius 3 is 2.90 bits per heavy atom. The molecule has 1 aromatic carbocycles. The number of piperidine rings is 2. The van der Waals surface area contributed by atoms with Crippen LogP contribution in [0, 0.1) is 11.8 Å². The number of carbonyl (C=O) groups is 1. The standard InChI is InChI=1S/C26H34N4O/c31-26(30-12-10-22-6-1-2-7-23(22)19-30)9-3-8-25-24-13-21(15-28-25)17-29(18-24)16-20-5-4-11-27-14-20/h1-2,4-7,11,14,21,24-25,28H,3,8-10,12-13,15-19H2/t21?,24?,25-/m1/s1. The van der Waals surface area contributed by atoms with Crippen molar-refractivity contribution < 1.29 is 4.79 Å². The Balaban J connectivity index is 1.10. The van der Waals surface area contributed by atoms with E-state index in [1.54, 1.807) is 0 Å².